The van der Waals surface area contributed by atoms with Crippen molar-refractivity contribution in [3.8, 4) is 6.07 Å². The lowest BCUT2D eigenvalue weighted by atomic mass is 10.2. The molecule has 19 heavy (non-hydrogen) atoms. The first-order chi connectivity index (χ1) is 9.19. The van der Waals surface area contributed by atoms with E-state index >= 15 is 0 Å². The Hall–Kier alpha value is -2.65. The standard InChI is InChI=1S/C12H6ClN5O/c13-7-1-2-11-9(3-7)16-10(4-8(19)5-14)12-17-15-6-18(11)12/h1-4,6,19H/b8-4+. The SMILES string of the molecule is N#C/C(O)=C\c1nc2cc(Cl)ccc2n2cnnc12. The third-order valence-electron chi connectivity index (χ3n) is 2.60. The molecule has 3 rings (SSSR count). The number of aromatic nitrogens is 4. The largest absolute Gasteiger partial charge is 0.499 e. The van der Waals surface area contributed by atoms with Crippen molar-refractivity contribution in [1.29, 1.82) is 5.26 Å². The average Bonchev–Trinajstić information content (AvgIpc) is 2.87. The summed E-state index contributed by atoms with van der Waals surface area (Å²) in [5.74, 6) is -0.446. The summed E-state index contributed by atoms with van der Waals surface area (Å²) in [5.41, 5.74) is 2.22. The molecule has 1 N–H and O–H groups in total. The molecule has 0 amide bonds. The topological polar surface area (TPSA) is 87.1 Å². The van der Waals surface area contributed by atoms with E-state index in [0.717, 1.165) is 5.52 Å². The van der Waals surface area contributed by atoms with E-state index in [4.69, 9.17) is 16.9 Å². The highest BCUT2D eigenvalue weighted by Gasteiger charge is 2.09. The van der Waals surface area contributed by atoms with Gasteiger partial charge in [-0.25, -0.2) is 4.98 Å². The summed E-state index contributed by atoms with van der Waals surface area (Å²) in [7, 11) is 0. The van der Waals surface area contributed by atoms with Crippen molar-refractivity contribution in [2.75, 3.05) is 0 Å². The number of rotatable bonds is 1. The molecular weight excluding hydrogens is 266 g/mol. The van der Waals surface area contributed by atoms with E-state index < -0.39 is 5.76 Å². The van der Waals surface area contributed by atoms with Crippen LogP contribution in [-0.4, -0.2) is 24.7 Å². The van der Waals surface area contributed by atoms with Gasteiger partial charge in [-0.1, -0.05) is 11.6 Å². The number of hydrogen-bond donors (Lipinski definition) is 1. The van der Waals surface area contributed by atoms with Gasteiger partial charge in [-0.3, -0.25) is 4.40 Å². The van der Waals surface area contributed by atoms with Crippen molar-refractivity contribution in [1.82, 2.24) is 19.6 Å². The summed E-state index contributed by atoms with van der Waals surface area (Å²) in [6.45, 7) is 0. The lowest BCUT2D eigenvalue weighted by Crippen LogP contribution is -1.95. The average molecular weight is 272 g/mol. The van der Waals surface area contributed by atoms with Gasteiger partial charge in [0, 0.05) is 11.1 Å². The molecule has 0 aliphatic heterocycles. The number of fused-ring (bicyclic) bond motifs is 3. The number of aliphatic hydroxyl groups is 1. The Balaban J connectivity index is 2.43. The predicted octanol–water partition coefficient (Wildman–Crippen LogP) is 2.35. The van der Waals surface area contributed by atoms with Crippen molar-refractivity contribution in [2.24, 2.45) is 0 Å². The third kappa shape index (κ3) is 1.86. The summed E-state index contributed by atoms with van der Waals surface area (Å²) in [6, 6.07) is 6.86. The number of halogens is 1. The molecule has 92 valence electrons. The highest BCUT2D eigenvalue weighted by Crippen LogP contribution is 2.21. The zero-order valence-corrected chi connectivity index (χ0v) is 10.2. The molecule has 0 saturated heterocycles. The van der Waals surface area contributed by atoms with Crippen LogP contribution in [-0.2, 0) is 0 Å². The van der Waals surface area contributed by atoms with Gasteiger partial charge < -0.3 is 5.11 Å². The number of nitrogens with zero attached hydrogens (tertiary/aromatic N) is 5. The molecule has 0 fully saturated rings. The van der Waals surface area contributed by atoms with E-state index in [9.17, 15) is 5.11 Å². The van der Waals surface area contributed by atoms with Crippen LogP contribution in [0.5, 0.6) is 0 Å². The Kier molecular flexibility index (Phi) is 2.54. The molecule has 0 saturated carbocycles. The van der Waals surface area contributed by atoms with Crippen LogP contribution in [0, 0.1) is 11.3 Å². The zero-order chi connectivity index (χ0) is 13.4. The summed E-state index contributed by atoms with van der Waals surface area (Å²) in [6.07, 6.45) is 2.78. The monoisotopic (exact) mass is 271 g/mol. The maximum atomic E-state index is 9.31. The van der Waals surface area contributed by atoms with Gasteiger partial charge in [0.25, 0.3) is 0 Å². The van der Waals surface area contributed by atoms with Gasteiger partial charge in [0.1, 0.15) is 18.1 Å². The summed E-state index contributed by atoms with van der Waals surface area (Å²) in [4.78, 5) is 4.33. The molecule has 1 aromatic carbocycles. The fraction of sp³-hybridized carbons (Fsp3) is 0. The molecule has 3 aromatic rings. The fourth-order valence-electron chi connectivity index (χ4n) is 1.81. The van der Waals surface area contributed by atoms with E-state index in [1.54, 1.807) is 28.7 Å². The van der Waals surface area contributed by atoms with E-state index in [2.05, 4.69) is 15.2 Å². The van der Waals surface area contributed by atoms with Crippen molar-refractivity contribution < 1.29 is 5.11 Å². The van der Waals surface area contributed by atoms with Gasteiger partial charge in [-0.15, -0.1) is 10.2 Å². The molecule has 6 nitrogen and oxygen atoms in total. The molecule has 0 spiro atoms. The molecule has 0 bridgehead atoms. The first-order valence-corrected chi connectivity index (χ1v) is 5.66. The van der Waals surface area contributed by atoms with Crippen LogP contribution in [0.15, 0.2) is 30.3 Å². The van der Waals surface area contributed by atoms with Crippen molar-refractivity contribution in [3.05, 3.63) is 41.0 Å². The second-order valence-electron chi connectivity index (χ2n) is 3.80. The van der Waals surface area contributed by atoms with Crippen LogP contribution >= 0.6 is 11.6 Å². The first-order valence-electron chi connectivity index (χ1n) is 5.29. The van der Waals surface area contributed by atoms with Crippen LogP contribution in [0.2, 0.25) is 5.02 Å². The van der Waals surface area contributed by atoms with E-state index in [1.165, 1.54) is 12.4 Å². The molecule has 0 atom stereocenters. The van der Waals surface area contributed by atoms with Gasteiger partial charge in [0.15, 0.2) is 11.4 Å². The Morgan fingerprint density at radius 3 is 3.11 bits per heavy atom. The second kappa shape index (κ2) is 4.23. The Morgan fingerprint density at radius 1 is 1.47 bits per heavy atom. The molecule has 2 aromatic heterocycles. The van der Waals surface area contributed by atoms with Crippen LogP contribution in [0.25, 0.3) is 22.8 Å². The zero-order valence-electron chi connectivity index (χ0n) is 9.45. The van der Waals surface area contributed by atoms with Gasteiger partial charge >= 0.3 is 0 Å². The predicted molar refractivity (Wildman–Crippen MR) is 69.5 cm³/mol. The van der Waals surface area contributed by atoms with Gasteiger partial charge in [-0.2, -0.15) is 5.26 Å². The minimum atomic E-state index is -0.446. The molecular formula is C12H6ClN5O. The number of allylic oxidation sites excluding steroid dienone is 1. The van der Waals surface area contributed by atoms with Crippen LogP contribution in [0.4, 0.5) is 0 Å². The number of hydrogen-bond acceptors (Lipinski definition) is 5. The van der Waals surface area contributed by atoms with Crippen LogP contribution < -0.4 is 0 Å². The van der Waals surface area contributed by atoms with E-state index in [0.29, 0.717) is 21.9 Å². The van der Waals surface area contributed by atoms with Crippen LogP contribution in [0.3, 0.4) is 0 Å². The molecule has 7 heteroatoms. The summed E-state index contributed by atoms with van der Waals surface area (Å²) >= 11 is 5.93. The normalized spacial score (nSPS) is 11.9. The van der Waals surface area contributed by atoms with E-state index in [1.807, 2.05) is 0 Å². The Labute approximate surface area is 112 Å². The van der Waals surface area contributed by atoms with Crippen molar-refractivity contribution in [3.63, 3.8) is 0 Å². The first kappa shape index (κ1) is 11.4. The highest BCUT2D eigenvalue weighted by atomic mass is 35.5. The maximum absolute atomic E-state index is 9.31. The van der Waals surface area contributed by atoms with Gasteiger partial charge in [0.05, 0.1) is 11.0 Å². The fourth-order valence-corrected chi connectivity index (χ4v) is 1.98. The second-order valence-corrected chi connectivity index (χ2v) is 4.23. The molecule has 0 aliphatic rings. The molecule has 2 heterocycles. The van der Waals surface area contributed by atoms with Crippen LogP contribution in [0.1, 0.15) is 5.69 Å². The van der Waals surface area contributed by atoms with Gasteiger partial charge in [0.2, 0.25) is 0 Å². The van der Waals surface area contributed by atoms with E-state index in [-0.39, 0.29) is 0 Å². The minimum absolute atomic E-state index is 0.353. The molecule has 0 aliphatic carbocycles. The lowest BCUT2D eigenvalue weighted by Gasteiger charge is -2.03. The number of benzene rings is 1. The smallest absolute Gasteiger partial charge is 0.196 e. The van der Waals surface area contributed by atoms with Crippen molar-refractivity contribution in [2.45, 2.75) is 0 Å². The highest BCUT2D eigenvalue weighted by molar-refractivity contribution is 6.31. The Bertz CT molecular complexity index is 862. The van der Waals surface area contributed by atoms with Gasteiger partial charge in [-0.05, 0) is 18.2 Å². The lowest BCUT2D eigenvalue weighted by molar-refractivity contribution is 0.441. The quantitative estimate of drug-likeness (QED) is 0.417. The summed E-state index contributed by atoms with van der Waals surface area (Å²) < 4.78 is 1.72. The number of aliphatic hydroxyl groups excluding tert-OH is 1. The summed E-state index contributed by atoms with van der Waals surface area (Å²) in [5, 5.41) is 26.2. The maximum Gasteiger partial charge on any atom is 0.196 e. The minimum Gasteiger partial charge on any atom is -0.499 e. The molecule has 0 unspecified atom stereocenters. The third-order valence-corrected chi connectivity index (χ3v) is 2.84. The van der Waals surface area contributed by atoms with Crippen molar-refractivity contribution >= 4 is 34.4 Å². The number of nitriles is 1. The Morgan fingerprint density at radius 2 is 2.32 bits per heavy atom. The molecule has 0 radical (unpaired) electrons.